The number of amides is 1. The van der Waals surface area contributed by atoms with Gasteiger partial charge < -0.3 is 10.1 Å². The number of hydrogen-bond acceptors (Lipinski definition) is 3. The van der Waals surface area contributed by atoms with E-state index in [4.69, 9.17) is 4.74 Å². The highest BCUT2D eigenvalue weighted by Crippen LogP contribution is 2.30. The third kappa shape index (κ3) is 3.83. The van der Waals surface area contributed by atoms with Gasteiger partial charge in [0.15, 0.2) is 0 Å². The van der Waals surface area contributed by atoms with E-state index in [1.54, 1.807) is 0 Å². The van der Waals surface area contributed by atoms with Crippen molar-refractivity contribution < 1.29 is 9.53 Å². The molecule has 1 fully saturated rings. The molecule has 0 bridgehead atoms. The number of hydrogen-bond donors (Lipinski definition) is 1. The van der Waals surface area contributed by atoms with Gasteiger partial charge in [-0.15, -0.1) is 0 Å². The molecule has 1 aliphatic heterocycles. The van der Waals surface area contributed by atoms with E-state index < -0.39 is 5.41 Å². The van der Waals surface area contributed by atoms with Crippen molar-refractivity contribution in [3.8, 4) is 6.07 Å². The molecule has 2 rings (SSSR count). The first kappa shape index (κ1) is 15.5. The van der Waals surface area contributed by atoms with Gasteiger partial charge >= 0.3 is 0 Å². The summed E-state index contributed by atoms with van der Waals surface area (Å²) in [5, 5.41) is 12.3. The Morgan fingerprint density at radius 1 is 1.38 bits per heavy atom. The van der Waals surface area contributed by atoms with Crippen LogP contribution in [0, 0.1) is 16.7 Å². The van der Waals surface area contributed by atoms with Crippen LogP contribution in [0.4, 0.5) is 0 Å². The van der Waals surface area contributed by atoms with Gasteiger partial charge in [-0.1, -0.05) is 37.3 Å². The smallest absolute Gasteiger partial charge is 0.240 e. The fourth-order valence-corrected chi connectivity index (χ4v) is 2.63. The summed E-state index contributed by atoms with van der Waals surface area (Å²) >= 11 is 0. The molecule has 4 nitrogen and oxygen atoms in total. The first-order chi connectivity index (χ1) is 10.2. The van der Waals surface area contributed by atoms with Crippen molar-refractivity contribution in [3.05, 3.63) is 35.9 Å². The maximum absolute atomic E-state index is 12.3. The maximum atomic E-state index is 12.3. The van der Waals surface area contributed by atoms with E-state index in [0.29, 0.717) is 38.5 Å². The van der Waals surface area contributed by atoms with Gasteiger partial charge in [-0.2, -0.15) is 5.26 Å². The quantitative estimate of drug-likeness (QED) is 0.905. The number of benzene rings is 1. The number of nitrogens with one attached hydrogen (secondary N) is 1. The van der Waals surface area contributed by atoms with Crippen molar-refractivity contribution in [2.75, 3.05) is 19.8 Å². The lowest BCUT2D eigenvalue weighted by molar-refractivity contribution is -0.132. The minimum absolute atomic E-state index is 0.145. The second kappa shape index (κ2) is 7.24. The van der Waals surface area contributed by atoms with Gasteiger partial charge in [0.05, 0.1) is 6.07 Å². The van der Waals surface area contributed by atoms with Crippen LogP contribution in [0.5, 0.6) is 0 Å². The van der Waals surface area contributed by atoms with Crippen molar-refractivity contribution in [2.45, 2.75) is 32.1 Å². The van der Waals surface area contributed by atoms with E-state index in [-0.39, 0.29) is 5.91 Å². The molecule has 1 heterocycles. The van der Waals surface area contributed by atoms with Crippen LogP contribution in [0.15, 0.2) is 30.3 Å². The minimum Gasteiger partial charge on any atom is -0.381 e. The first-order valence-electron chi connectivity index (χ1n) is 7.50. The van der Waals surface area contributed by atoms with Crippen LogP contribution in [0.25, 0.3) is 0 Å². The van der Waals surface area contributed by atoms with E-state index in [2.05, 4.69) is 30.4 Å². The normalized spacial score (nSPS) is 18.5. The van der Waals surface area contributed by atoms with Gasteiger partial charge in [0.25, 0.3) is 0 Å². The predicted octanol–water partition coefficient (Wildman–Crippen LogP) is 2.62. The molecule has 112 valence electrons. The van der Waals surface area contributed by atoms with Gasteiger partial charge in [-0.25, -0.2) is 0 Å². The Morgan fingerprint density at radius 2 is 2.05 bits per heavy atom. The molecule has 1 aromatic rings. The average molecular weight is 286 g/mol. The average Bonchev–Trinajstić information content (AvgIpc) is 2.56. The Morgan fingerprint density at radius 3 is 2.67 bits per heavy atom. The van der Waals surface area contributed by atoms with Gasteiger partial charge in [0, 0.05) is 19.8 Å². The molecule has 0 aliphatic carbocycles. The lowest BCUT2D eigenvalue weighted by atomic mass is 9.81. The number of nitrogens with zero attached hydrogens (tertiary/aromatic N) is 1. The van der Waals surface area contributed by atoms with Crippen molar-refractivity contribution in [2.24, 2.45) is 5.41 Å². The predicted molar refractivity (Wildman–Crippen MR) is 80.6 cm³/mol. The Kier molecular flexibility index (Phi) is 5.35. The Labute approximate surface area is 126 Å². The molecule has 1 saturated heterocycles. The summed E-state index contributed by atoms with van der Waals surface area (Å²) in [6.45, 7) is 3.72. The lowest BCUT2D eigenvalue weighted by Crippen LogP contribution is -2.44. The van der Waals surface area contributed by atoms with Crippen LogP contribution >= 0.6 is 0 Å². The highest BCUT2D eigenvalue weighted by Gasteiger charge is 2.40. The van der Waals surface area contributed by atoms with E-state index >= 15 is 0 Å². The van der Waals surface area contributed by atoms with Crippen LogP contribution < -0.4 is 5.32 Å². The molecule has 0 saturated carbocycles. The zero-order chi connectivity index (χ0) is 15.1. The fourth-order valence-electron chi connectivity index (χ4n) is 2.63. The van der Waals surface area contributed by atoms with Gasteiger partial charge in [0.1, 0.15) is 5.41 Å². The summed E-state index contributed by atoms with van der Waals surface area (Å²) in [7, 11) is 0. The number of rotatable bonds is 5. The Hall–Kier alpha value is -1.86. The summed E-state index contributed by atoms with van der Waals surface area (Å²) in [4.78, 5) is 12.3. The SMILES string of the molecule is CC(CCNC(=O)C1(C#N)CCOCC1)c1ccccc1. The zero-order valence-electron chi connectivity index (χ0n) is 12.5. The Bertz CT molecular complexity index is 501. The maximum Gasteiger partial charge on any atom is 0.240 e. The summed E-state index contributed by atoms with van der Waals surface area (Å²) in [5.41, 5.74) is 0.377. The fraction of sp³-hybridized carbons (Fsp3) is 0.529. The standard InChI is InChI=1S/C17H22N2O2/c1-14(15-5-3-2-4-6-15)7-10-19-16(20)17(13-18)8-11-21-12-9-17/h2-6,14H,7-12H2,1H3,(H,19,20). The summed E-state index contributed by atoms with van der Waals surface area (Å²) in [6.07, 6.45) is 1.85. The number of nitriles is 1. The monoisotopic (exact) mass is 286 g/mol. The van der Waals surface area contributed by atoms with E-state index in [9.17, 15) is 10.1 Å². The topological polar surface area (TPSA) is 62.1 Å². The second-order valence-electron chi connectivity index (χ2n) is 5.66. The van der Waals surface area contributed by atoms with Crippen molar-refractivity contribution in [1.82, 2.24) is 5.32 Å². The summed E-state index contributed by atoms with van der Waals surface area (Å²) in [6, 6.07) is 12.4. The molecule has 1 N–H and O–H groups in total. The minimum atomic E-state index is -0.895. The third-order valence-corrected chi connectivity index (χ3v) is 4.23. The van der Waals surface area contributed by atoms with Gasteiger partial charge in [-0.3, -0.25) is 4.79 Å². The number of ether oxygens (including phenoxy) is 1. The van der Waals surface area contributed by atoms with Crippen LogP contribution in [0.3, 0.4) is 0 Å². The van der Waals surface area contributed by atoms with Crippen LogP contribution in [-0.4, -0.2) is 25.7 Å². The second-order valence-corrected chi connectivity index (χ2v) is 5.66. The van der Waals surface area contributed by atoms with Gasteiger partial charge in [0.2, 0.25) is 5.91 Å². The third-order valence-electron chi connectivity index (χ3n) is 4.23. The molecular weight excluding hydrogens is 264 g/mol. The van der Waals surface area contributed by atoms with Crippen molar-refractivity contribution >= 4 is 5.91 Å². The lowest BCUT2D eigenvalue weighted by Gasteiger charge is -2.29. The van der Waals surface area contributed by atoms with E-state index in [1.807, 2.05) is 18.2 Å². The van der Waals surface area contributed by atoms with E-state index in [1.165, 1.54) is 5.56 Å². The molecule has 1 unspecified atom stereocenters. The first-order valence-corrected chi connectivity index (χ1v) is 7.50. The molecule has 1 aromatic carbocycles. The molecule has 21 heavy (non-hydrogen) atoms. The molecule has 0 aromatic heterocycles. The van der Waals surface area contributed by atoms with Gasteiger partial charge in [-0.05, 0) is 30.7 Å². The van der Waals surface area contributed by atoms with Crippen LogP contribution in [-0.2, 0) is 9.53 Å². The molecule has 0 radical (unpaired) electrons. The molecule has 1 atom stereocenters. The molecule has 4 heteroatoms. The largest absolute Gasteiger partial charge is 0.381 e. The highest BCUT2D eigenvalue weighted by atomic mass is 16.5. The molecule has 1 aliphatic rings. The van der Waals surface area contributed by atoms with Crippen molar-refractivity contribution in [1.29, 1.82) is 5.26 Å². The summed E-state index contributed by atoms with van der Waals surface area (Å²) < 4.78 is 5.25. The van der Waals surface area contributed by atoms with Crippen LogP contribution in [0.2, 0.25) is 0 Å². The van der Waals surface area contributed by atoms with Crippen LogP contribution in [0.1, 0.15) is 37.7 Å². The van der Waals surface area contributed by atoms with E-state index in [0.717, 1.165) is 6.42 Å². The number of carbonyl (C=O) groups is 1. The molecular formula is C17H22N2O2. The molecule has 1 amide bonds. The molecule has 0 spiro atoms. The Balaban J connectivity index is 1.83. The number of carbonyl (C=O) groups excluding carboxylic acids is 1. The highest BCUT2D eigenvalue weighted by molar-refractivity contribution is 5.85. The zero-order valence-corrected chi connectivity index (χ0v) is 12.5. The summed E-state index contributed by atoms with van der Waals surface area (Å²) in [5.74, 6) is 0.243. The van der Waals surface area contributed by atoms with Crippen molar-refractivity contribution in [3.63, 3.8) is 0 Å².